The number of carbonyl (C=O) groups is 1. The summed E-state index contributed by atoms with van der Waals surface area (Å²) in [6.07, 6.45) is 0. The van der Waals surface area contributed by atoms with Crippen LogP contribution in [0, 0.1) is 0 Å². The van der Waals surface area contributed by atoms with Gasteiger partial charge in [0.2, 0.25) is 0 Å². The molecule has 0 aromatic carbocycles. The standard InChI is InChI=1S/C13H14ClN3OS/c1-15-12-6-10(5-11(14)16-12)13(18)17(2)7-9-3-4-19-8-9/h3-6,8H,7H2,1-2H3,(H,15,16). The maximum atomic E-state index is 12.3. The Bertz CT molecular complexity index is 571. The van der Waals surface area contributed by atoms with Crippen LogP contribution in [0.5, 0.6) is 0 Å². The van der Waals surface area contributed by atoms with Crippen molar-refractivity contribution in [3.05, 3.63) is 45.2 Å². The van der Waals surface area contributed by atoms with Crippen LogP contribution in [-0.4, -0.2) is 29.9 Å². The van der Waals surface area contributed by atoms with Crippen LogP contribution in [0.2, 0.25) is 5.15 Å². The molecule has 2 aromatic rings. The van der Waals surface area contributed by atoms with E-state index in [0.717, 1.165) is 5.56 Å². The Morgan fingerprint density at radius 1 is 1.53 bits per heavy atom. The molecule has 0 spiro atoms. The first-order valence-corrected chi connectivity index (χ1v) is 7.04. The second-order valence-electron chi connectivity index (χ2n) is 4.11. The molecule has 0 atom stereocenters. The number of aromatic nitrogens is 1. The monoisotopic (exact) mass is 295 g/mol. The molecule has 0 unspecified atom stereocenters. The fraction of sp³-hybridized carbons (Fsp3) is 0.231. The van der Waals surface area contributed by atoms with Gasteiger partial charge in [0.1, 0.15) is 11.0 Å². The van der Waals surface area contributed by atoms with Crippen LogP contribution < -0.4 is 5.32 Å². The summed E-state index contributed by atoms with van der Waals surface area (Å²) in [5, 5.41) is 7.21. The third-order valence-corrected chi connectivity index (χ3v) is 3.57. The third kappa shape index (κ3) is 3.45. The van der Waals surface area contributed by atoms with Crippen molar-refractivity contribution < 1.29 is 4.79 Å². The Morgan fingerprint density at radius 2 is 2.32 bits per heavy atom. The molecule has 2 aromatic heterocycles. The van der Waals surface area contributed by atoms with Gasteiger partial charge in [0.05, 0.1) is 0 Å². The molecule has 2 heterocycles. The molecular formula is C13H14ClN3OS. The molecular weight excluding hydrogens is 282 g/mol. The zero-order valence-electron chi connectivity index (χ0n) is 10.7. The molecule has 1 amide bonds. The largest absolute Gasteiger partial charge is 0.373 e. The Labute approximate surface area is 121 Å². The SMILES string of the molecule is CNc1cc(C(=O)N(C)Cc2ccsc2)cc(Cl)n1. The quantitative estimate of drug-likeness (QED) is 0.882. The molecule has 0 aliphatic rings. The van der Waals surface area contributed by atoms with Crippen LogP contribution in [-0.2, 0) is 6.54 Å². The highest BCUT2D eigenvalue weighted by molar-refractivity contribution is 7.07. The molecule has 0 saturated heterocycles. The highest BCUT2D eigenvalue weighted by Crippen LogP contribution is 2.17. The fourth-order valence-electron chi connectivity index (χ4n) is 1.70. The molecule has 0 bridgehead atoms. The molecule has 19 heavy (non-hydrogen) atoms. The molecule has 0 saturated carbocycles. The summed E-state index contributed by atoms with van der Waals surface area (Å²) in [6.45, 7) is 0.581. The van der Waals surface area contributed by atoms with Crippen molar-refractivity contribution in [1.82, 2.24) is 9.88 Å². The van der Waals surface area contributed by atoms with E-state index < -0.39 is 0 Å². The van der Waals surface area contributed by atoms with Crippen molar-refractivity contribution in [3.8, 4) is 0 Å². The van der Waals surface area contributed by atoms with Gasteiger partial charge in [0.15, 0.2) is 0 Å². The number of anilines is 1. The second kappa shape index (κ2) is 6.04. The molecule has 0 fully saturated rings. The number of nitrogens with zero attached hydrogens (tertiary/aromatic N) is 2. The fourth-order valence-corrected chi connectivity index (χ4v) is 2.57. The predicted molar refractivity (Wildman–Crippen MR) is 78.9 cm³/mol. The highest BCUT2D eigenvalue weighted by Gasteiger charge is 2.14. The van der Waals surface area contributed by atoms with E-state index in [9.17, 15) is 4.79 Å². The van der Waals surface area contributed by atoms with Crippen LogP contribution in [0.3, 0.4) is 0 Å². The summed E-state index contributed by atoms with van der Waals surface area (Å²) in [4.78, 5) is 18.0. The van der Waals surface area contributed by atoms with Crippen molar-refractivity contribution >= 4 is 34.7 Å². The molecule has 100 valence electrons. The number of rotatable bonds is 4. The zero-order valence-corrected chi connectivity index (χ0v) is 12.3. The van der Waals surface area contributed by atoms with E-state index in [4.69, 9.17) is 11.6 Å². The van der Waals surface area contributed by atoms with Gasteiger partial charge in [0.25, 0.3) is 5.91 Å². The molecule has 4 nitrogen and oxygen atoms in total. The number of thiophene rings is 1. The summed E-state index contributed by atoms with van der Waals surface area (Å²) in [5.41, 5.74) is 1.65. The molecule has 0 radical (unpaired) electrons. The van der Waals surface area contributed by atoms with E-state index in [0.29, 0.717) is 23.1 Å². The molecule has 0 aliphatic carbocycles. The summed E-state index contributed by atoms with van der Waals surface area (Å²) >= 11 is 7.52. The minimum Gasteiger partial charge on any atom is -0.373 e. The van der Waals surface area contributed by atoms with Crippen molar-refractivity contribution in [2.24, 2.45) is 0 Å². The highest BCUT2D eigenvalue weighted by atomic mass is 35.5. The normalized spacial score (nSPS) is 10.3. The van der Waals surface area contributed by atoms with E-state index in [1.54, 1.807) is 42.5 Å². The maximum Gasteiger partial charge on any atom is 0.254 e. The molecule has 1 N–H and O–H groups in total. The Hall–Kier alpha value is -1.59. The smallest absolute Gasteiger partial charge is 0.254 e. The maximum absolute atomic E-state index is 12.3. The second-order valence-corrected chi connectivity index (χ2v) is 5.27. The van der Waals surface area contributed by atoms with Gasteiger partial charge in [-0.3, -0.25) is 4.79 Å². The predicted octanol–water partition coefficient (Wildman–Crippen LogP) is 3.11. The lowest BCUT2D eigenvalue weighted by atomic mass is 10.2. The van der Waals surface area contributed by atoms with Gasteiger partial charge in [-0.25, -0.2) is 4.98 Å². The number of amides is 1. The zero-order chi connectivity index (χ0) is 13.8. The van der Waals surface area contributed by atoms with Gasteiger partial charge in [-0.15, -0.1) is 0 Å². The van der Waals surface area contributed by atoms with Crippen LogP contribution in [0.25, 0.3) is 0 Å². The van der Waals surface area contributed by atoms with Crippen molar-refractivity contribution in [3.63, 3.8) is 0 Å². The number of hydrogen-bond donors (Lipinski definition) is 1. The van der Waals surface area contributed by atoms with Gasteiger partial charge >= 0.3 is 0 Å². The minimum atomic E-state index is -0.0769. The first kappa shape index (κ1) is 13.8. The van der Waals surface area contributed by atoms with Gasteiger partial charge in [-0.05, 0) is 34.5 Å². The summed E-state index contributed by atoms with van der Waals surface area (Å²) in [6, 6.07) is 5.28. The topological polar surface area (TPSA) is 45.2 Å². The van der Waals surface area contributed by atoms with Gasteiger partial charge in [-0.2, -0.15) is 11.3 Å². The minimum absolute atomic E-state index is 0.0769. The Balaban J connectivity index is 2.16. The van der Waals surface area contributed by atoms with Gasteiger partial charge < -0.3 is 10.2 Å². The number of halogens is 1. The van der Waals surface area contributed by atoms with Crippen molar-refractivity contribution in [2.45, 2.75) is 6.54 Å². The number of pyridine rings is 1. The average molecular weight is 296 g/mol. The van der Waals surface area contributed by atoms with Crippen LogP contribution in [0.4, 0.5) is 5.82 Å². The number of hydrogen-bond acceptors (Lipinski definition) is 4. The summed E-state index contributed by atoms with van der Waals surface area (Å²) in [7, 11) is 3.51. The molecule has 2 rings (SSSR count). The molecule has 0 aliphatic heterocycles. The van der Waals surface area contributed by atoms with Gasteiger partial charge in [-0.1, -0.05) is 11.6 Å². The van der Waals surface area contributed by atoms with Crippen molar-refractivity contribution in [2.75, 3.05) is 19.4 Å². The Kier molecular flexibility index (Phi) is 4.39. The van der Waals surface area contributed by atoms with E-state index in [-0.39, 0.29) is 5.91 Å². The lowest BCUT2D eigenvalue weighted by molar-refractivity contribution is 0.0785. The first-order valence-electron chi connectivity index (χ1n) is 5.72. The van der Waals surface area contributed by atoms with Crippen LogP contribution in [0.1, 0.15) is 15.9 Å². The number of nitrogens with one attached hydrogen (secondary N) is 1. The van der Waals surface area contributed by atoms with Crippen LogP contribution in [0.15, 0.2) is 29.0 Å². The lowest BCUT2D eigenvalue weighted by Crippen LogP contribution is -2.26. The summed E-state index contributed by atoms with van der Waals surface area (Å²) < 4.78 is 0. The van der Waals surface area contributed by atoms with E-state index in [1.807, 2.05) is 16.8 Å². The van der Waals surface area contributed by atoms with E-state index in [2.05, 4.69) is 10.3 Å². The van der Waals surface area contributed by atoms with E-state index in [1.165, 1.54) is 0 Å². The van der Waals surface area contributed by atoms with Crippen LogP contribution >= 0.6 is 22.9 Å². The number of carbonyl (C=O) groups excluding carboxylic acids is 1. The van der Waals surface area contributed by atoms with Gasteiger partial charge in [0, 0.05) is 26.2 Å². The Morgan fingerprint density at radius 3 is 2.95 bits per heavy atom. The summed E-state index contributed by atoms with van der Waals surface area (Å²) in [5.74, 6) is 0.506. The third-order valence-electron chi connectivity index (χ3n) is 2.64. The molecule has 6 heteroatoms. The van der Waals surface area contributed by atoms with E-state index >= 15 is 0 Å². The van der Waals surface area contributed by atoms with Crippen molar-refractivity contribution in [1.29, 1.82) is 0 Å². The average Bonchev–Trinajstić information content (AvgIpc) is 2.89. The lowest BCUT2D eigenvalue weighted by Gasteiger charge is -2.17. The first-order chi connectivity index (χ1) is 9.10.